The molecule has 0 spiro atoms. The number of hydrogen-bond donors (Lipinski definition) is 1. The summed E-state index contributed by atoms with van der Waals surface area (Å²) in [5.41, 5.74) is 0.912. The molecular formula is C12H14N4O2. The molecule has 94 valence electrons. The van der Waals surface area contributed by atoms with Crippen molar-refractivity contribution in [2.75, 3.05) is 12.4 Å². The molecule has 0 aliphatic rings. The van der Waals surface area contributed by atoms with Crippen LogP contribution in [-0.4, -0.2) is 27.8 Å². The predicted molar refractivity (Wildman–Crippen MR) is 66.3 cm³/mol. The quantitative estimate of drug-likeness (QED) is 0.874. The van der Waals surface area contributed by atoms with Gasteiger partial charge in [-0.05, 0) is 17.7 Å². The second-order valence-electron chi connectivity index (χ2n) is 3.84. The van der Waals surface area contributed by atoms with Crippen LogP contribution in [-0.2, 0) is 18.3 Å². The Bertz CT molecular complexity index is 533. The van der Waals surface area contributed by atoms with Gasteiger partial charge in [-0.2, -0.15) is 0 Å². The Labute approximate surface area is 105 Å². The Balaban J connectivity index is 1.96. The third kappa shape index (κ3) is 2.85. The molecule has 1 heterocycles. The molecule has 2 rings (SSSR count). The maximum absolute atomic E-state index is 11.8. The molecule has 0 unspecified atom stereocenters. The number of amides is 1. The lowest BCUT2D eigenvalue weighted by atomic mass is 10.1. The van der Waals surface area contributed by atoms with Crippen molar-refractivity contribution in [3.63, 3.8) is 0 Å². The number of benzene rings is 1. The van der Waals surface area contributed by atoms with E-state index in [0.29, 0.717) is 5.95 Å². The SMILES string of the molecule is COc1ccc(CC(=O)Nc2nncn2C)cc1. The molecule has 1 aromatic carbocycles. The minimum atomic E-state index is -0.128. The average Bonchev–Trinajstić information content (AvgIpc) is 2.76. The molecule has 0 radical (unpaired) electrons. The van der Waals surface area contributed by atoms with Gasteiger partial charge in [0.25, 0.3) is 0 Å². The standard InChI is InChI=1S/C12H14N4O2/c1-16-8-13-15-12(16)14-11(17)7-9-3-5-10(18-2)6-4-9/h3-6,8H,7H2,1-2H3,(H,14,15,17). The van der Waals surface area contributed by atoms with Crippen LogP contribution in [0.3, 0.4) is 0 Å². The van der Waals surface area contributed by atoms with Crippen LogP contribution in [0.15, 0.2) is 30.6 Å². The molecule has 0 atom stereocenters. The fraction of sp³-hybridized carbons (Fsp3) is 0.250. The Hall–Kier alpha value is -2.37. The van der Waals surface area contributed by atoms with Gasteiger partial charge < -0.3 is 9.30 Å². The number of methoxy groups -OCH3 is 1. The van der Waals surface area contributed by atoms with Gasteiger partial charge in [0, 0.05) is 7.05 Å². The molecule has 0 saturated carbocycles. The van der Waals surface area contributed by atoms with Gasteiger partial charge in [-0.15, -0.1) is 10.2 Å². The molecule has 0 aliphatic heterocycles. The van der Waals surface area contributed by atoms with Gasteiger partial charge in [-0.25, -0.2) is 0 Å². The van der Waals surface area contributed by atoms with E-state index in [1.54, 1.807) is 18.7 Å². The zero-order chi connectivity index (χ0) is 13.0. The monoisotopic (exact) mass is 246 g/mol. The summed E-state index contributed by atoms with van der Waals surface area (Å²) in [6.45, 7) is 0. The molecule has 2 aromatic rings. The zero-order valence-electron chi connectivity index (χ0n) is 10.3. The van der Waals surface area contributed by atoms with Crippen LogP contribution in [0.4, 0.5) is 5.95 Å². The third-order valence-corrected chi connectivity index (χ3v) is 2.49. The average molecular weight is 246 g/mol. The number of ether oxygens (including phenoxy) is 1. The molecule has 18 heavy (non-hydrogen) atoms. The van der Waals surface area contributed by atoms with Crippen LogP contribution in [0, 0.1) is 0 Å². The maximum Gasteiger partial charge on any atom is 0.231 e. The van der Waals surface area contributed by atoms with E-state index in [-0.39, 0.29) is 12.3 Å². The molecule has 0 fully saturated rings. The number of carbonyl (C=O) groups is 1. The van der Waals surface area contributed by atoms with Crippen LogP contribution < -0.4 is 10.1 Å². The molecule has 1 N–H and O–H groups in total. The maximum atomic E-state index is 11.8. The number of rotatable bonds is 4. The highest BCUT2D eigenvalue weighted by atomic mass is 16.5. The highest BCUT2D eigenvalue weighted by Gasteiger charge is 2.07. The van der Waals surface area contributed by atoms with Gasteiger partial charge in [0.05, 0.1) is 13.5 Å². The lowest BCUT2D eigenvalue weighted by molar-refractivity contribution is -0.115. The fourth-order valence-corrected chi connectivity index (χ4v) is 1.49. The van der Waals surface area contributed by atoms with Gasteiger partial charge in [0.2, 0.25) is 11.9 Å². The second kappa shape index (κ2) is 5.31. The summed E-state index contributed by atoms with van der Waals surface area (Å²) >= 11 is 0. The summed E-state index contributed by atoms with van der Waals surface area (Å²) in [5.74, 6) is 1.08. The van der Waals surface area contributed by atoms with Gasteiger partial charge >= 0.3 is 0 Å². The Morgan fingerprint density at radius 1 is 1.39 bits per heavy atom. The number of anilines is 1. The van der Waals surface area contributed by atoms with Crippen LogP contribution in [0.5, 0.6) is 5.75 Å². The smallest absolute Gasteiger partial charge is 0.231 e. The highest BCUT2D eigenvalue weighted by molar-refractivity contribution is 5.90. The number of aryl methyl sites for hydroxylation is 1. The van der Waals surface area contributed by atoms with Crippen LogP contribution >= 0.6 is 0 Å². The Kier molecular flexibility index (Phi) is 3.57. The van der Waals surface area contributed by atoms with E-state index in [9.17, 15) is 4.79 Å². The molecule has 0 saturated heterocycles. The molecule has 0 aliphatic carbocycles. The fourth-order valence-electron chi connectivity index (χ4n) is 1.49. The van der Waals surface area contributed by atoms with E-state index in [4.69, 9.17) is 4.74 Å². The largest absolute Gasteiger partial charge is 0.497 e. The van der Waals surface area contributed by atoms with Crippen molar-refractivity contribution in [3.8, 4) is 5.75 Å². The molecule has 6 heteroatoms. The number of nitrogens with one attached hydrogen (secondary N) is 1. The van der Waals surface area contributed by atoms with Crippen molar-refractivity contribution in [1.29, 1.82) is 0 Å². The molecule has 0 bridgehead atoms. The lowest BCUT2D eigenvalue weighted by Crippen LogP contribution is -2.17. The summed E-state index contributed by atoms with van der Waals surface area (Å²) in [6, 6.07) is 7.36. The topological polar surface area (TPSA) is 69.0 Å². The van der Waals surface area contributed by atoms with Crippen molar-refractivity contribution in [2.45, 2.75) is 6.42 Å². The first kappa shape index (κ1) is 12.1. The number of hydrogen-bond acceptors (Lipinski definition) is 4. The zero-order valence-corrected chi connectivity index (χ0v) is 10.3. The predicted octanol–water partition coefficient (Wildman–Crippen LogP) is 1.00. The number of aromatic nitrogens is 3. The van der Waals surface area contributed by atoms with Crippen LogP contribution in [0.25, 0.3) is 0 Å². The van der Waals surface area contributed by atoms with E-state index in [2.05, 4.69) is 15.5 Å². The van der Waals surface area contributed by atoms with Gasteiger partial charge in [-0.1, -0.05) is 12.1 Å². The Morgan fingerprint density at radius 3 is 2.67 bits per heavy atom. The third-order valence-electron chi connectivity index (χ3n) is 2.49. The highest BCUT2D eigenvalue weighted by Crippen LogP contribution is 2.12. The molecule has 1 amide bonds. The first-order valence-corrected chi connectivity index (χ1v) is 5.46. The van der Waals surface area contributed by atoms with Gasteiger partial charge in [0.15, 0.2) is 0 Å². The first-order valence-electron chi connectivity index (χ1n) is 5.46. The first-order chi connectivity index (χ1) is 8.69. The lowest BCUT2D eigenvalue weighted by Gasteiger charge is -2.05. The van der Waals surface area contributed by atoms with Gasteiger partial charge in [0.1, 0.15) is 12.1 Å². The van der Waals surface area contributed by atoms with E-state index >= 15 is 0 Å². The van der Waals surface area contributed by atoms with E-state index in [1.807, 2.05) is 24.3 Å². The summed E-state index contributed by atoms with van der Waals surface area (Å²) in [6.07, 6.45) is 1.82. The summed E-state index contributed by atoms with van der Waals surface area (Å²) in [5, 5.41) is 10.2. The van der Waals surface area contributed by atoms with Crippen molar-refractivity contribution in [1.82, 2.24) is 14.8 Å². The van der Waals surface area contributed by atoms with Crippen LogP contribution in [0.1, 0.15) is 5.56 Å². The molecular weight excluding hydrogens is 232 g/mol. The van der Waals surface area contributed by atoms with E-state index < -0.39 is 0 Å². The molecule has 1 aromatic heterocycles. The van der Waals surface area contributed by atoms with Crippen molar-refractivity contribution in [2.24, 2.45) is 7.05 Å². The second-order valence-corrected chi connectivity index (χ2v) is 3.84. The van der Waals surface area contributed by atoms with Crippen molar-refractivity contribution < 1.29 is 9.53 Å². The van der Waals surface area contributed by atoms with Crippen LogP contribution in [0.2, 0.25) is 0 Å². The Morgan fingerprint density at radius 2 is 2.11 bits per heavy atom. The van der Waals surface area contributed by atoms with Crippen molar-refractivity contribution >= 4 is 11.9 Å². The summed E-state index contributed by atoms with van der Waals surface area (Å²) in [4.78, 5) is 11.8. The van der Waals surface area contributed by atoms with Gasteiger partial charge in [-0.3, -0.25) is 10.1 Å². The number of carbonyl (C=O) groups excluding carboxylic acids is 1. The number of nitrogens with zero attached hydrogens (tertiary/aromatic N) is 3. The summed E-state index contributed by atoms with van der Waals surface area (Å²) < 4.78 is 6.70. The normalized spacial score (nSPS) is 10.1. The minimum absolute atomic E-state index is 0.128. The minimum Gasteiger partial charge on any atom is -0.497 e. The molecule has 6 nitrogen and oxygen atoms in total. The summed E-state index contributed by atoms with van der Waals surface area (Å²) in [7, 11) is 3.37. The van der Waals surface area contributed by atoms with E-state index in [0.717, 1.165) is 11.3 Å². The van der Waals surface area contributed by atoms with E-state index in [1.165, 1.54) is 6.33 Å². The van der Waals surface area contributed by atoms with Crippen molar-refractivity contribution in [3.05, 3.63) is 36.2 Å².